The summed E-state index contributed by atoms with van der Waals surface area (Å²) in [7, 11) is 3.43. The highest BCUT2D eigenvalue weighted by Gasteiger charge is 1.91. The molecule has 0 heterocycles. The van der Waals surface area contributed by atoms with E-state index in [4.69, 9.17) is 14.2 Å². The molecule has 0 spiro atoms. The zero-order valence-electron chi connectivity index (χ0n) is 10.1. The van der Waals surface area contributed by atoms with Crippen molar-refractivity contribution >= 4 is 0 Å². The molecule has 0 saturated carbocycles. The van der Waals surface area contributed by atoms with Gasteiger partial charge in [0.2, 0.25) is 0 Å². The van der Waals surface area contributed by atoms with Crippen molar-refractivity contribution in [1.29, 1.82) is 0 Å². The summed E-state index contributed by atoms with van der Waals surface area (Å²) < 4.78 is 15.3. The Kier molecular flexibility index (Phi) is 13.7. The first-order valence-corrected chi connectivity index (χ1v) is 5.68. The normalized spacial score (nSPS) is 10.8. The van der Waals surface area contributed by atoms with Gasteiger partial charge in [-0.15, -0.1) is 0 Å². The van der Waals surface area contributed by atoms with Gasteiger partial charge in [-0.1, -0.05) is 0 Å². The monoisotopic (exact) mass is 219 g/mol. The third-order valence-electron chi connectivity index (χ3n) is 2.01. The van der Waals surface area contributed by atoms with E-state index in [-0.39, 0.29) is 0 Å². The maximum absolute atomic E-state index is 5.43. The molecule has 0 radical (unpaired) electrons. The second kappa shape index (κ2) is 13.8. The lowest BCUT2D eigenvalue weighted by Crippen LogP contribution is -2.20. The maximum Gasteiger partial charge on any atom is 0.0587 e. The molecule has 0 aromatic heterocycles. The van der Waals surface area contributed by atoms with Crippen LogP contribution >= 0.6 is 0 Å². The van der Waals surface area contributed by atoms with Crippen molar-refractivity contribution in [3.8, 4) is 0 Å². The standard InChI is InChI=1S/C11H25NO3/c1-13-8-5-10-15-9-4-3-6-12-7-11-14-2/h12H,3-11H2,1-2H3. The second-order valence-electron chi connectivity index (χ2n) is 3.41. The van der Waals surface area contributed by atoms with Crippen molar-refractivity contribution in [3.63, 3.8) is 0 Å². The van der Waals surface area contributed by atoms with Gasteiger partial charge in [0.25, 0.3) is 0 Å². The van der Waals surface area contributed by atoms with Crippen molar-refractivity contribution < 1.29 is 14.2 Å². The van der Waals surface area contributed by atoms with Gasteiger partial charge in [0, 0.05) is 40.6 Å². The van der Waals surface area contributed by atoms with Crippen molar-refractivity contribution in [1.82, 2.24) is 5.32 Å². The number of methoxy groups -OCH3 is 2. The molecule has 92 valence electrons. The van der Waals surface area contributed by atoms with Crippen LogP contribution in [0, 0.1) is 0 Å². The molecule has 0 atom stereocenters. The Bertz CT molecular complexity index is 100. The fourth-order valence-corrected chi connectivity index (χ4v) is 1.16. The Hall–Kier alpha value is -0.160. The summed E-state index contributed by atoms with van der Waals surface area (Å²) in [6.07, 6.45) is 3.27. The molecule has 4 nitrogen and oxygen atoms in total. The fourth-order valence-electron chi connectivity index (χ4n) is 1.16. The van der Waals surface area contributed by atoms with Gasteiger partial charge in [0.1, 0.15) is 0 Å². The van der Waals surface area contributed by atoms with Gasteiger partial charge in [-0.3, -0.25) is 0 Å². The molecular weight excluding hydrogens is 194 g/mol. The largest absolute Gasteiger partial charge is 0.385 e. The lowest BCUT2D eigenvalue weighted by Gasteiger charge is -2.05. The molecule has 0 aliphatic carbocycles. The Morgan fingerprint density at radius 2 is 1.47 bits per heavy atom. The van der Waals surface area contributed by atoms with Crippen LogP contribution in [0.15, 0.2) is 0 Å². The highest BCUT2D eigenvalue weighted by atomic mass is 16.5. The molecule has 0 saturated heterocycles. The molecule has 0 aliphatic rings. The van der Waals surface area contributed by atoms with Crippen molar-refractivity contribution in [2.75, 3.05) is 53.7 Å². The van der Waals surface area contributed by atoms with Crippen LogP contribution in [-0.2, 0) is 14.2 Å². The Labute approximate surface area is 93.3 Å². The minimum Gasteiger partial charge on any atom is -0.385 e. The average molecular weight is 219 g/mol. The molecule has 0 aromatic rings. The highest BCUT2D eigenvalue weighted by Crippen LogP contribution is 1.90. The molecule has 0 fully saturated rings. The third-order valence-corrected chi connectivity index (χ3v) is 2.01. The SMILES string of the molecule is COCCCOCCCCNCCOC. The number of hydrogen-bond donors (Lipinski definition) is 1. The van der Waals surface area contributed by atoms with E-state index in [0.717, 1.165) is 58.8 Å². The zero-order chi connectivity index (χ0) is 11.2. The first-order chi connectivity index (χ1) is 7.41. The lowest BCUT2D eigenvalue weighted by molar-refractivity contribution is 0.100. The van der Waals surface area contributed by atoms with E-state index < -0.39 is 0 Å². The summed E-state index contributed by atoms with van der Waals surface area (Å²) in [5.41, 5.74) is 0. The van der Waals surface area contributed by atoms with E-state index in [0.29, 0.717) is 0 Å². The van der Waals surface area contributed by atoms with Crippen LogP contribution < -0.4 is 5.32 Å². The fraction of sp³-hybridized carbons (Fsp3) is 1.00. The minimum absolute atomic E-state index is 0.785. The van der Waals surface area contributed by atoms with Crippen LogP contribution in [-0.4, -0.2) is 53.7 Å². The van der Waals surface area contributed by atoms with Crippen LogP contribution in [0.1, 0.15) is 19.3 Å². The quantitative estimate of drug-likeness (QED) is 0.498. The van der Waals surface area contributed by atoms with Crippen LogP contribution in [0.25, 0.3) is 0 Å². The first kappa shape index (κ1) is 14.8. The van der Waals surface area contributed by atoms with Crippen molar-refractivity contribution in [3.05, 3.63) is 0 Å². The van der Waals surface area contributed by atoms with Gasteiger partial charge in [0.05, 0.1) is 6.61 Å². The van der Waals surface area contributed by atoms with Gasteiger partial charge >= 0.3 is 0 Å². The summed E-state index contributed by atoms with van der Waals surface area (Å²) in [5.74, 6) is 0. The van der Waals surface area contributed by atoms with E-state index in [1.807, 2.05) is 0 Å². The molecule has 0 aliphatic heterocycles. The molecular formula is C11H25NO3. The number of ether oxygens (including phenoxy) is 3. The van der Waals surface area contributed by atoms with E-state index >= 15 is 0 Å². The Morgan fingerprint density at radius 1 is 0.733 bits per heavy atom. The number of unbranched alkanes of at least 4 members (excludes halogenated alkanes) is 1. The van der Waals surface area contributed by atoms with Gasteiger partial charge in [-0.2, -0.15) is 0 Å². The van der Waals surface area contributed by atoms with Crippen molar-refractivity contribution in [2.45, 2.75) is 19.3 Å². The lowest BCUT2D eigenvalue weighted by atomic mass is 10.3. The molecule has 0 unspecified atom stereocenters. The summed E-state index contributed by atoms with van der Waals surface area (Å²) >= 11 is 0. The highest BCUT2D eigenvalue weighted by molar-refractivity contribution is 4.47. The molecule has 15 heavy (non-hydrogen) atoms. The minimum atomic E-state index is 0.785. The van der Waals surface area contributed by atoms with Crippen LogP contribution in [0.4, 0.5) is 0 Å². The van der Waals surface area contributed by atoms with E-state index in [1.54, 1.807) is 14.2 Å². The van der Waals surface area contributed by atoms with E-state index in [1.165, 1.54) is 0 Å². The molecule has 0 amide bonds. The number of nitrogens with one attached hydrogen (secondary N) is 1. The third kappa shape index (κ3) is 13.8. The molecule has 0 bridgehead atoms. The summed E-state index contributed by atoms with van der Waals surface area (Å²) in [6, 6.07) is 0. The van der Waals surface area contributed by atoms with Crippen molar-refractivity contribution in [2.24, 2.45) is 0 Å². The van der Waals surface area contributed by atoms with Crippen LogP contribution in [0.3, 0.4) is 0 Å². The Morgan fingerprint density at radius 3 is 2.20 bits per heavy atom. The van der Waals surface area contributed by atoms with Crippen LogP contribution in [0.2, 0.25) is 0 Å². The van der Waals surface area contributed by atoms with Gasteiger partial charge in [-0.05, 0) is 25.8 Å². The predicted octanol–water partition coefficient (Wildman–Crippen LogP) is 1.06. The number of rotatable bonds is 12. The second-order valence-corrected chi connectivity index (χ2v) is 3.41. The molecule has 0 rings (SSSR count). The van der Waals surface area contributed by atoms with Gasteiger partial charge in [0.15, 0.2) is 0 Å². The zero-order valence-corrected chi connectivity index (χ0v) is 10.1. The van der Waals surface area contributed by atoms with Gasteiger partial charge in [-0.25, -0.2) is 0 Å². The smallest absolute Gasteiger partial charge is 0.0587 e. The maximum atomic E-state index is 5.43. The first-order valence-electron chi connectivity index (χ1n) is 5.68. The molecule has 0 aromatic carbocycles. The molecule has 4 heteroatoms. The summed E-state index contributed by atoms with van der Waals surface area (Å²) in [6.45, 7) is 5.22. The topological polar surface area (TPSA) is 39.7 Å². The van der Waals surface area contributed by atoms with Gasteiger partial charge < -0.3 is 19.5 Å². The number of hydrogen-bond acceptors (Lipinski definition) is 4. The van der Waals surface area contributed by atoms with Crippen LogP contribution in [0.5, 0.6) is 0 Å². The summed E-state index contributed by atoms with van der Waals surface area (Å²) in [4.78, 5) is 0. The van der Waals surface area contributed by atoms with E-state index in [2.05, 4.69) is 5.32 Å². The summed E-state index contributed by atoms with van der Waals surface area (Å²) in [5, 5.41) is 3.30. The predicted molar refractivity (Wildman–Crippen MR) is 61.3 cm³/mol. The average Bonchev–Trinajstić information content (AvgIpc) is 2.26. The molecule has 1 N–H and O–H groups in total. The van der Waals surface area contributed by atoms with E-state index in [9.17, 15) is 0 Å². The Balaban J connectivity index is 2.81.